The molecule has 0 aromatic heterocycles. The number of anilines is 1. The average molecular weight is 275 g/mol. The topological polar surface area (TPSA) is 55.1 Å². The van der Waals surface area contributed by atoms with E-state index in [0.29, 0.717) is 22.3 Å². The molecule has 0 fully saturated rings. The Hall–Kier alpha value is -0.770. The normalized spacial score (nSPS) is 12.2. The smallest absolute Gasteiger partial charge is 0.227 e. The zero-order valence-electron chi connectivity index (χ0n) is 9.67. The van der Waals surface area contributed by atoms with Gasteiger partial charge in [0.1, 0.15) is 0 Å². The van der Waals surface area contributed by atoms with Gasteiger partial charge in [-0.05, 0) is 31.5 Å². The van der Waals surface area contributed by atoms with Crippen LogP contribution >= 0.6 is 23.2 Å². The van der Waals surface area contributed by atoms with Crippen LogP contribution in [0.1, 0.15) is 19.8 Å². The lowest BCUT2D eigenvalue weighted by molar-refractivity contribution is -0.119. The molecule has 0 saturated heterocycles. The number of rotatable bonds is 5. The van der Waals surface area contributed by atoms with Crippen LogP contribution in [-0.4, -0.2) is 12.5 Å². The molecule has 1 aromatic rings. The van der Waals surface area contributed by atoms with Gasteiger partial charge in [-0.15, -0.1) is 0 Å². The second-order valence-electron chi connectivity index (χ2n) is 3.92. The minimum atomic E-state index is -0.0893. The first-order valence-corrected chi connectivity index (χ1v) is 6.26. The minimum absolute atomic E-state index is 0.0670. The van der Waals surface area contributed by atoms with Crippen LogP contribution in [-0.2, 0) is 4.79 Å². The molecule has 1 rings (SSSR count). The summed E-state index contributed by atoms with van der Waals surface area (Å²) in [5.41, 5.74) is 5.95. The van der Waals surface area contributed by atoms with E-state index in [0.717, 1.165) is 12.8 Å². The summed E-state index contributed by atoms with van der Waals surface area (Å²) in [6, 6.07) is 5.15. The number of nitrogens with one attached hydrogen (secondary N) is 1. The SMILES string of the molecule is CC(CCCN)C(=O)Nc1cccc(Cl)c1Cl. The zero-order valence-corrected chi connectivity index (χ0v) is 11.2. The highest BCUT2D eigenvalue weighted by Crippen LogP contribution is 2.29. The summed E-state index contributed by atoms with van der Waals surface area (Å²) in [7, 11) is 0. The zero-order chi connectivity index (χ0) is 12.8. The molecule has 5 heteroatoms. The Balaban J connectivity index is 2.64. The molecule has 0 heterocycles. The number of carbonyl (C=O) groups excluding carboxylic acids is 1. The van der Waals surface area contributed by atoms with Gasteiger partial charge in [-0.2, -0.15) is 0 Å². The van der Waals surface area contributed by atoms with Gasteiger partial charge in [0.15, 0.2) is 0 Å². The molecule has 94 valence electrons. The highest BCUT2D eigenvalue weighted by atomic mass is 35.5. The second kappa shape index (κ2) is 6.84. The third-order valence-electron chi connectivity index (χ3n) is 2.50. The number of hydrogen-bond donors (Lipinski definition) is 2. The van der Waals surface area contributed by atoms with E-state index in [-0.39, 0.29) is 11.8 Å². The lowest BCUT2D eigenvalue weighted by Gasteiger charge is -2.13. The van der Waals surface area contributed by atoms with Crippen molar-refractivity contribution in [3.05, 3.63) is 28.2 Å². The van der Waals surface area contributed by atoms with Crippen molar-refractivity contribution in [2.24, 2.45) is 11.7 Å². The Kier molecular flexibility index (Phi) is 5.75. The van der Waals surface area contributed by atoms with Crippen LogP contribution in [0.4, 0.5) is 5.69 Å². The van der Waals surface area contributed by atoms with Crippen molar-refractivity contribution in [2.75, 3.05) is 11.9 Å². The Morgan fingerprint density at radius 2 is 2.18 bits per heavy atom. The van der Waals surface area contributed by atoms with Gasteiger partial charge >= 0.3 is 0 Å². The Bertz CT molecular complexity index is 396. The van der Waals surface area contributed by atoms with Crippen LogP contribution in [0.15, 0.2) is 18.2 Å². The summed E-state index contributed by atoms with van der Waals surface area (Å²) in [6.07, 6.45) is 1.60. The molecule has 0 bridgehead atoms. The summed E-state index contributed by atoms with van der Waals surface area (Å²) < 4.78 is 0. The van der Waals surface area contributed by atoms with Crippen LogP contribution in [0.5, 0.6) is 0 Å². The van der Waals surface area contributed by atoms with Gasteiger partial charge in [0.2, 0.25) is 5.91 Å². The van der Waals surface area contributed by atoms with Crippen LogP contribution < -0.4 is 11.1 Å². The van der Waals surface area contributed by atoms with Crippen LogP contribution in [0.25, 0.3) is 0 Å². The van der Waals surface area contributed by atoms with Gasteiger partial charge in [0, 0.05) is 5.92 Å². The van der Waals surface area contributed by atoms with E-state index in [1.54, 1.807) is 18.2 Å². The van der Waals surface area contributed by atoms with Crippen LogP contribution in [0.3, 0.4) is 0 Å². The fourth-order valence-corrected chi connectivity index (χ4v) is 1.76. The summed E-state index contributed by atoms with van der Waals surface area (Å²) in [6.45, 7) is 2.46. The van der Waals surface area contributed by atoms with E-state index >= 15 is 0 Å². The van der Waals surface area contributed by atoms with Crippen molar-refractivity contribution in [1.29, 1.82) is 0 Å². The summed E-state index contributed by atoms with van der Waals surface area (Å²) in [4.78, 5) is 11.8. The molecule has 3 nitrogen and oxygen atoms in total. The van der Waals surface area contributed by atoms with Crippen molar-refractivity contribution in [3.63, 3.8) is 0 Å². The number of halogens is 2. The first kappa shape index (κ1) is 14.3. The third kappa shape index (κ3) is 4.19. The lowest BCUT2D eigenvalue weighted by atomic mass is 10.0. The maximum Gasteiger partial charge on any atom is 0.227 e. The number of benzene rings is 1. The van der Waals surface area contributed by atoms with Gasteiger partial charge < -0.3 is 11.1 Å². The largest absolute Gasteiger partial charge is 0.330 e. The van der Waals surface area contributed by atoms with E-state index < -0.39 is 0 Å². The molecule has 1 amide bonds. The molecule has 3 N–H and O–H groups in total. The minimum Gasteiger partial charge on any atom is -0.330 e. The van der Waals surface area contributed by atoms with Crippen LogP contribution in [0.2, 0.25) is 10.0 Å². The van der Waals surface area contributed by atoms with E-state index in [9.17, 15) is 4.79 Å². The summed E-state index contributed by atoms with van der Waals surface area (Å²) in [5.74, 6) is -0.156. The van der Waals surface area contributed by atoms with Crippen molar-refractivity contribution in [1.82, 2.24) is 0 Å². The number of hydrogen-bond acceptors (Lipinski definition) is 2. The molecule has 0 aliphatic carbocycles. The number of nitrogens with two attached hydrogens (primary N) is 1. The number of amides is 1. The van der Waals surface area contributed by atoms with E-state index in [1.807, 2.05) is 6.92 Å². The van der Waals surface area contributed by atoms with Crippen molar-refractivity contribution in [2.45, 2.75) is 19.8 Å². The van der Waals surface area contributed by atoms with Gasteiger partial charge in [0.05, 0.1) is 15.7 Å². The Morgan fingerprint density at radius 1 is 1.47 bits per heavy atom. The molecule has 1 aromatic carbocycles. The molecule has 17 heavy (non-hydrogen) atoms. The highest BCUT2D eigenvalue weighted by molar-refractivity contribution is 6.43. The van der Waals surface area contributed by atoms with Crippen molar-refractivity contribution >= 4 is 34.8 Å². The summed E-state index contributed by atoms with van der Waals surface area (Å²) >= 11 is 11.8. The predicted molar refractivity (Wildman–Crippen MR) is 72.5 cm³/mol. The standard InChI is InChI=1S/C12H16Cl2N2O/c1-8(4-3-7-15)12(17)16-10-6-2-5-9(13)11(10)14/h2,5-6,8H,3-4,7,15H2,1H3,(H,16,17). The Morgan fingerprint density at radius 3 is 2.82 bits per heavy atom. The molecule has 0 spiro atoms. The molecule has 0 radical (unpaired) electrons. The predicted octanol–water partition coefficient (Wildman–Crippen LogP) is 3.31. The highest BCUT2D eigenvalue weighted by Gasteiger charge is 2.14. The molecule has 0 aliphatic rings. The molecular formula is C12H16Cl2N2O. The maximum atomic E-state index is 11.8. The molecule has 0 saturated carbocycles. The van der Waals surface area contributed by atoms with Gasteiger partial charge in [-0.25, -0.2) is 0 Å². The summed E-state index contributed by atoms with van der Waals surface area (Å²) in [5, 5.41) is 3.56. The van der Waals surface area contributed by atoms with Crippen molar-refractivity contribution in [3.8, 4) is 0 Å². The maximum absolute atomic E-state index is 11.8. The van der Waals surface area contributed by atoms with Gasteiger partial charge in [-0.3, -0.25) is 4.79 Å². The Labute approximate surface area is 111 Å². The molecule has 0 aliphatic heterocycles. The molecular weight excluding hydrogens is 259 g/mol. The first-order chi connectivity index (χ1) is 8.06. The molecule has 1 unspecified atom stereocenters. The fourth-order valence-electron chi connectivity index (χ4n) is 1.41. The van der Waals surface area contributed by atoms with Gasteiger partial charge in [0.25, 0.3) is 0 Å². The number of carbonyl (C=O) groups is 1. The van der Waals surface area contributed by atoms with E-state index in [2.05, 4.69) is 5.32 Å². The van der Waals surface area contributed by atoms with E-state index in [1.165, 1.54) is 0 Å². The van der Waals surface area contributed by atoms with Crippen LogP contribution in [0, 0.1) is 5.92 Å². The average Bonchev–Trinajstić information content (AvgIpc) is 2.31. The van der Waals surface area contributed by atoms with Crippen molar-refractivity contribution < 1.29 is 4.79 Å². The monoisotopic (exact) mass is 274 g/mol. The van der Waals surface area contributed by atoms with E-state index in [4.69, 9.17) is 28.9 Å². The third-order valence-corrected chi connectivity index (χ3v) is 3.32. The lowest BCUT2D eigenvalue weighted by Crippen LogP contribution is -2.21. The molecule has 1 atom stereocenters. The second-order valence-corrected chi connectivity index (χ2v) is 4.71. The first-order valence-electron chi connectivity index (χ1n) is 5.51. The fraction of sp³-hybridized carbons (Fsp3) is 0.417. The van der Waals surface area contributed by atoms with Gasteiger partial charge in [-0.1, -0.05) is 36.2 Å². The quantitative estimate of drug-likeness (QED) is 0.866.